The normalized spacial score (nSPS) is 13.7. The highest BCUT2D eigenvalue weighted by Gasteiger charge is 2.39. The molecule has 156 valence electrons. The minimum Gasteiger partial charge on any atom is -0.493 e. The third kappa shape index (κ3) is 4.18. The highest BCUT2D eigenvalue weighted by atomic mass is 32.2. The van der Waals surface area contributed by atoms with Crippen molar-refractivity contribution in [2.24, 2.45) is 0 Å². The number of benzene rings is 2. The Bertz CT molecular complexity index is 1150. The first-order chi connectivity index (χ1) is 15.1. The van der Waals surface area contributed by atoms with Gasteiger partial charge in [0.15, 0.2) is 11.5 Å². The summed E-state index contributed by atoms with van der Waals surface area (Å²) in [6, 6.07) is 18.4. The molecule has 0 atom stereocenters. The van der Waals surface area contributed by atoms with E-state index in [2.05, 4.69) is 4.98 Å². The molecule has 0 fully saturated rings. The minimum absolute atomic E-state index is 0.154. The number of hydrogen-bond donors (Lipinski definition) is 0. The van der Waals surface area contributed by atoms with Crippen molar-refractivity contribution >= 4 is 29.1 Å². The van der Waals surface area contributed by atoms with Gasteiger partial charge in [-0.3, -0.25) is 19.5 Å². The molecular formula is C24H20N2O4S. The van der Waals surface area contributed by atoms with Gasteiger partial charge in [0.2, 0.25) is 0 Å². The largest absolute Gasteiger partial charge is 0.493 e. The number of rotatable bonds is 7. The maximum atomic E-state index is 13.4. The average molecular weight is 433 g/mol. The lowest BCUT2D eigenvalue weighted by Crippen LogP contribution is -2.30. The maximum absolute atomic E-state index is 13.4. The number of carbonyl (C=O) groups is 2. The lowest BCUT2D eigenvalue weighted by atomic mass is 10.1. The van der Waals surface area contributed by atoms with E-state index in [1.54, 1.807) is 43.8 Å². The molecule has 2 aromatic carbocycles. The second kappa shape index (κ2) is 9.06. The third-order valence-electron chi connectivity index (χ3n) is 4.82. The Morgan fingerprint density at radius 1 is 0.903 bits per heavy atom. The fraction of sp³-hybridized carbons (Fsp3) is 0.125. The highest BCUT2D eigenvalue weighted by Crippen LogP contribution is 2.42. The van der Waals surface area contributed by atoms with E-state index in [1.807, 2.05) is 36.4 Å². The van der Waals surface area contributed by atoms with Crippen LogP contribution >= 0.6 is 11.8 Å². The van der Waals surface area contributed by atoms with Crippen LogP contribution in [0.4, 0.5) is 0 Å². The van der Waals surface area contributed by atoms with Crippen molar-refractivity contribution in [3.8, 4) is 11.5 Å². The van der Waals surface area contributed by atoms with Crippen molar-refractivity contribution in [3.63, 3.8) is 0 Å². The Labute approximate surface area is 184 Å². The van der Waals surface area contributed by atoms with Gasteiger partial charge in [-0.05, 0) is 41.5 Å². The predicted octanol–water partition coefficient (Wildman–Crippen LogP) is 4.17. The summed E-state index contributed by atoms with van der Waals surface area (Å²) in [5, 5.41) is 0. The number of amides is 2. The summed E-state index contributed by atoms with van der Waals surface area (Å²) in [6.45, 7) is 0.154. The van der Waals surface area contributed by atoms with Gasteiger partial charge >= 0.3 is 0 Å². The molecule has 2 amide bonds. The number of ether oxygens (including phenoxy) is 2. The van der Waals surface area contributed by atoms with Crippen LogP contribution in [0.15, 0.2) is 82.9 Å². The summed E-state index contributed by atoms with van der Waals surface area (Å²) >= 11 is 1.28. The first-order valence-corrected chi connectivity index (χ1v) is 10.4. The number of methoxy groups -OCH3 is 2. The van der Waals surface area contributed by atoms with Gasteiger partial charge in [0.25, 0.3) is 11.8 Å². The molecule has 4 rings (SSSR count). The van der Waals surface area contributed by atoms with Crippen molar-refractivity contribution in [2.75, 3.05) is 14.2 Å². The summed E-state index contributed by atoms with van der Waals surface area (Å²) in [6.07, 6.45) is 3.31. The van der Waals surface area contributed by atoms with E-state index in [1.165, 1.54) is 23.8 Å². The molecule has 7 heteroatoms. The molecule has 0 saturated carbocycles. The van der Waals surface area contributed by atoms with E-state index in [0.29, 0.717) is 27.5 Å². The molecule has 2 heterocycles. The van der Waals surface area contributed by atoms with Crippen LogP contribution in [-0.2, 0) is 16.1 Å². The molecule has 1 aliphatic rings. The Morgan fingerprint density at radius 3 is 2.35 bits per heavy atom. The molecule has 0 radical (unpaired) electrons. The van der Waals surface area contributed by atoms with Crippen LogP contribution < -0.4 is 9.47 Å². The van der Waals surface area contributed by atoms with E-state index in [0.717, 1.165) is 10.5 Å². The number of carbonyl (C=O) groups excluding carboxylic acids is 2. The van der Waals surface area contributed by atoms with E-state index in [9.17, 15) is 9.59 Å². The van der Waals surface area contributed by atoms with Gasteiger partial charge in [0, 0.05) is 17.3 Å². The van der Waals surface area contributed by atoms with Crippen LogP contribution in [0.5, 0.6) is 11.5 Å². The van der Waals surface area contributed by atoms with Gasteiger partial charge in [-0.1, -0.05) is 42.1 Å². The Morgan fingerprint density at radius 2 is 1.68 bits per heavy atom. The number of aromatic nitrogens is 1. The monoisotopic (exact) mass is 432 g/mol. The van der Waals surface area contributed by atoms with Crippen molar-refractivity contribution in [1.82, 2.24) is 9.88 Å². The van der Waals surface area contributed by atoms with Crippen LogP contribution in [0.25, 0.3) is 5.57 Å². The molecule has 0 bridgehead atoms. The lowest BCUT2D eigenvalue weighted by molar-refractivity contribution is -0.137. The van der Waals surface area contributed by atoms with Crippen molar-refractivity contribution in [1.29, 1.82) is 0 Å². The fourth-order valence-electron chi connectivity index (χ4n) is 3.32. The summed E-state index contributed by atoms with van der Waals surface area (Å²) in [5.41, 5.74) is 1.73. The second-order valence-corrected chi connectivity index (χ2v) is 7.83. The van der Waals surface area contributed by atoms with Gasteiger partial charge in [-0.2, -0.15) is 0 Å². The number of hydrogen-bond acceptors (Lipinski definition) is 6. The average Bonchev–Trinajstić information content (AvgIpc) is 3.04. The molecule has 0 N–H and O–H groups in total. The zero-order chi connectivity index (χ0) is 21.8. The number of nitrogens with zero attached hydrogens (tertiary/aromatic N) is 2. The molecule has 3 aromatic rings. The minimum atomic E-state index is -0.348. The SMILES string of the molecule is COc1ccc(C2=C(Sc3ccccc3)C(=O)N(Cc3cccnc3)C2=O)cc1OC. The molecule has 1 aromatic heterocycles. The molecule has 0 aliphatic carbocycles. The molecule has 0 spiro atoms. The van der Waals surface area contributed by atoms with Crippen molar-refractivity contribution in [2.45, 2.75) is 11.4 Å². The second-order valence-electron chi connectivity index (χ2n) is 6.75. The van der Waals surface area contributed by atoms with E-state index in [4.69, 9.17) is 9.47 Å². The Hall–Kier alpha value is -3.58. The zero-order valence-corrected chi connectivity index (χ0v) is 17.9. The first kappa shape index (κ1) is 20.7. The number of imide groups is 1. The summed E-state index contributed by atoms with van der Waals surface area (Å²) in [7, 11) is 3.08. The zero-order valence-electron chi connectivity index (χ0n) is 17.1. The van der Waals surface area contributed by atoms with Crippen molar-refractivity contribution < 1.29 is 19.1 Å². The highest BCUT2D eigenvalue weighted by molar-refractivity contribution is 8.04. The van der Waals surface area contributed by atoms with Crippen LogP contribution in [0, 0.1) is 0 Å². The maximum Gasteiger partial charge on any atom is 0.268 e. The first-order valence-electron chi connectivity index (χ1n) is 9.57. The summed E-state index contributed by atoms with van der Waals surface area (Å²) in [5.74, 6) is 0.364. The lowest BCUT2D eigenvalue weighted by Gasteiger charge is -2.15. The summed E-state index contributed by atoms with van der Waals surface area (Å²) in [4.78, 5) is 33.4. The van der Waals surface area contributed by atoms with Crippen LogP contribution in [0.1, 0.15) is 11.1 Å². The van der Waals surface area contributed by atoms with Crippen LogP contribution in [0.2, 0.25) is 0 Å². The van der Waals surface area contributed by atoms with Gasteiger partial charge in [0.05, 0.1) is 31.2 Å². The summed E-state index contributed by atoms with van der Waals surface area (Å²) < 4.78 is 10.7. The van der Waals surface area contributed by atoms with Gasteiger partial charge in [-0.25, -0.2) is 0 Å². The smallest absolute Gasteiger partial charge is 0.268 e. The number of thioether (sulfide) groups is 1. The Kier molecular flexibility index (Phi) is 6.04. The molecule has 31 heavy (non-hydrogen) atoms. The number of pyridine rings is 1. The standard InChI is InChI=1S/C24H20N2O4S/c1-29-19-11-10-17(13-20(19)30-2)21-22(31-18-8-4-3-5-9-18)24(28)26(23(21)27)15-16-7-6-12-25-14-16/h3-14H,15H2,1-2H3. The Balaban J connectivity index is 1.78. The van der Waals surface area contributed by atoms with Crippen LogP contribution in [-0.4, -0.2) is 35.9 Å². The third-order valence-corrected chi connectivity index (χ3v) is 5.92. The van der Waals surface area contributed by atoms with Crippen LogP contribution in [0.3, 0.4) is 0 Å². The topological polar surface area (TPSA) is 68.7 Å². The predicted molar refractivity (Wildman–Crippen MR) is 119 cm³/mol. The molecule has 6 nitrogen and oxygen atoms in total. The quantitative estimate of drug-likeness (QED) is 0.522. The van der Waals surface area contributed by atoms with E-state index in [-0.39, 0.29) is 18.4 Å². The fourth-order valence-corrected chi connectivity index (χ4v) is 4.35. The molecule has 0 unspecified atom stereocenters. The van der Waals surface area contributed by atoms with Crippen molar-refractivity contribution in [3.05, 3.63) is 89.1 Å². The van der Waals surface area contributed by atoms with E-state index < -0.39 is 0 Å². The van der Waals surface area contributed by atoms with E-state index >= 15 is 0 Å². The molecule has 1 aliphatic heterocycles. The molecular weight excluding hydrogens is 412 g/mol. The molecule has 0 saturated heterocycles. The van der Waals surface area contributed by atoms with Gasteiger partial charge in [-0.15, -0.1) is 0 Å². The van der Waals surface area contributed by atoms with Gasteiger partial charge in [0.1, 0.15) is 0 Å². The van der Waals surface area contributed by atoms with Gasteiger partial charge < -0.3 is 9.47 Å².